The number of primary amides is 1. The molecule has 27 nitrogen and oxygen atoms in total. The Balaban J connectivity index is 2.25. The molecule has 0 bridgehead atoms. The number of halogens is 2. The number of nitrogens with one attached hydrogen (secondary N) is 9. The van der Waals surface area contributed by atoms with E-state index in [0.29, 0.717) is 12.1 Å². The van der Waals surface area contributed by atoms with E-state index in [0.717, 1.165) is 0 Å². The van der Waals surface area contributed by atoms with Gasteiger partial charge in [-0.05, 0) is 44.6 Å². The van der Waals surface area contributed by atoms with Gasteiger partial charge in [-0.2, -0.15) is 0 Å². The molecule has 1 unspecified atom stereocenters. The standard InChI is InChI=1S/C40H68Cl2N13O14P/c1-23(2)17-27(37(64)49-26(6-7-31(44)58)36(63)53-32-10-16-69-70(68,54-32)55(14-11-41)15-12-42)50-35(62)25(5-3-4-13-43)48-39(66)29(20-56)52-40(67)30(21-57)51-38(65)28(18-24-19-45-22-46-24)47-33(59)8-9-34(60)61/h19,22-23,25-30,32,56-57H,3-18,20-21,43H2,1-2H3,(H2,44,58)(H,45,46)(H,47,59)(H,48,66)(H,49,64)(H,50,62)(H,51,65)(H,52,67)(H,53,63)(H,54,68)(H,60,61)/t25-,26-,27-,28-,29-,30-,32+,70?/m0/s1. The lowest BCUT2D eigenvalue weighted by molar-refractivity contribution is -0.139. The van der Waals surface area contributed by atoms with Gasteiger partial charge >= 0.3 is 13.6 Å². The highest BCUT2D eigenvalue weighted by atomic mass is 35.5. The summed E-state index contributed by atoms with van der Waals surface area (Å²) in [6, 6.07) is -9.00. The molecule has 1 fully saturated rings. The Labute approximate surface area is 414 Å². The quantitative estimate of drug-likeness (QED) is 0.0181. The van der Waals surface area contributed by atoms with Gasteiger partial charge < -0.3 is 73.5 Å². The smallest absolute Gasteiger partial charge is 0.345 e. The maximum absolute atomic E-state index is 14.0. The van der Waals surface area contributed by atoms with Gasteiger partial charge in [0.1, 0.15) is 36.3 Å². The van der Waals surface area contributed by atoms with Gasteiger partial charge in [0.25, 0.3) is 0 Å². The number of nitrogens with two attached hydrogens (primary N) is 2. The molecule has 0 spiro atoms. The molecule has 8 atom stereocenters. The largest absolute Gasteiger partial charge is 0.481 e. The Morgan fingerprint density at radius 1 is 0.786 bits per heavy atom. The number of hydrogen-bond acceptors (Lipinski definition) is 15. The molecule has 0 aromatic carbocycles. The van der Waals surface area contributed by atoms with Crippen LogP contribution >= 0.6 is 30.9 Å². The van der Waals surface area contributed by atoms with E-state index in [1.54, 1.807) is 13.8 Å². The van der Waals surface area contributed by atoms with E-state index in [9.17, 15) is 57.9 Å². The molecular weight excluding hydrogens is 988 g/mol. The maximum atomic E-state index is 14.0. The van der Waals surface area contributed by atoms with Crippen molar-refractivity contribution in [3.63, 3.8) is 0 Å². The van der Waals surface area contributed by atoms with Crippen molar-refractivity contribution in [2.24, 2.45) is 17.4 Å². The fourth-order valence-electron chi connectivity index (χ4n) is 6.79. The van der Waals surface area contributed by atoms with E-state index in [2.05, 4.69) is 52.3 Å². The number of aromatic nitrogens is 2. The monoisotopic (exact) mass is 1060 g/mol. The number of imidazole rings is 1. The average Bonchev–Trinajstić information content (AvgIpc) is 3.82. The summed E-state index contributed by atoms with van der Waals surface area (Å²) in [4.78, 5) is 124. The summed E-state index contributed by atoms with van der Waals surface area (Å²) in [7, 11) is -3.72. The minimum Gasteiger partial charge on any atom is -0.481 e. The highest BCUT2D eigenvalue weighted by molar-refractivity contribution is 7.54. The van der Waals surface area contributed by atoms with Gasteiger partial charge in [-0.25, -0.2) is 14.7 Å². The molecular formula is C40H68Cl2N13O14P. The van der Waals surface area contributed by atoms with Crippen molar-refractivity contribution in [3.05, 3.63) is 18.2 Å². The number of hydrogen-bond donors (Lipinski definition) is 14. The maximum Gasteiger partial charge on any atom is 0.345 e. The second-order valence-electron chi connectivity index (χ2n) is 16.5. The summed E-state index contributed by atoms with van der Waals surface area (Å²) >= 11 is 11.8. The van der Waals surface area contributed by atoms with Crippen molar-refractivity contribution in [2.45, 2.75) is 120 Å². The minimum atomic E-state index is -3.72. The third-order valence-corrected chi connectivity index (χ3v) is 13.1. The Hall–Kier alpha value is -4.99. The first-order valence-electron chi connectivity index (χ1n) is 22.6. The van der Waals surface area contributed by atoms with Crippen LogP contribution in [0, 0.1) is 5.92 Å². The number of carbonyl (C=O) groups is 9. The van der Waals surface area contributed by atoms with Crippen LogP contribution < -0.4 is 53.8 Å². The normalized spacial score (nSPS) is 18.3. The molecule has 0 radical (unpaired) electrons. The number of rotatable bonds is 34. The molecule has 1 saturated heterocycles. The number of aliphatic hydroxyl groups is 2. The van der Waals surface area contributed by atoms with Gasteiger partial charge in [0.05, 0.1) is 38.7 Å². The van der Waals surface area contributed by atoms with Gasteiger partial charge in [0.2, 0.25) is 47.3 Å². The fraction of sp³-hybridized carbons (Fsp3) is 0.700. The van der Waals surface area contributed by atoms with Gasteiger partial charge in [-0.1, -0.05) is 13.8 Å². The predicted molar refractivity (Wildman–Crippen MR) is 252 cm³/mol. The van der Waals surface area contributed by atoms with Crippen LogP contribution in [0.3, 0.4) is 0 Å². The fourth-order valence-corrected chi connectivity index (χ4v) is 9.50. The molecule has 2 rings (SSSR count). The number of H-pyrrole nitrogens is 1. The molecule has 1 aromatic heterocycles. The van der Waals surface area contributed by atoms with Crippen LogP contribution in [-0.2, 0) is 58.7 Å². The number of amides is 8. The van der Waals surface area contributed by atoms with E-state index in [4.69, 9.17) is 44.3 Å². The summed E-state index contributed by atoms with van der Waals surface area (Å²) < 4.78 is 20.7. The van der Waals surface area contributed by atoms with Crippen LogP contribution in [0.4, 0.5) is 0 Å². The third-order valence-electron chi connectivity index (χ3n) is 10.4. The number of unbranched alkanes of at least 4 members (excludes halogenated alkanes) is 1. The zero-order valence-electron chi connectivity index (χ0n) is 39.1. The number of alkyl halides is 2. The van der Waals surface area contributed by atoms with Crippen molar-refractivity contribution < 1.29 is 67.6 Å². The zero-order chi connectivity index (χ0) is 52.4. The lowest BCUT2D eigenvalue weighted by Gasteiger charge is -2.37. The van der Waals surface area contributed by atoms with Crippen LogP contribution in [0.5, 0.6) is 0 Å². The number of aliphatic hydroxyl groups excluding tert-OH is 2. The first-order chi connectivity index (χ1) is 33.2. The molecule has 0 aliphatic carbocycles. The van der Waals surface area contributed by atoms with E-state index in [1.165, 1.54) is 17.2 Å². The van der Waals surface area contributed by atoms with Crippen LogP contribution in [0.25, 0.3) is 0 Å². The summed E-state index contributed by atoms with van der Waals surface area (Å²) in [6.07, 6.45) is 0.802. The lowest BCUT2D eigenvalue weighted by Crippen LogP contribution is -2.61. The Kier molecular flexibility index (Phi) is 28.0. The first kappa shape index (κ1) is 61.1. The van der Waals surface area contributed by atoms with Gasteiger partial charge in [-0.3, -0.25) is 47.7 Å². The molecule has 16 N–H and O–H groups in total. The van der Waals surface area contributed by atoms with Crippen LogP contribution in [0.2, 0.25) is 0 Å². The highest BCUT2D eigenvalue weighted by Gasteiger charge is 2.39. The Morgan fingerprint density at radius 3 is 1.84 bits per heavy atom. The van der Waals surface area contributed by atoms with E-state index >= 15 is 0 Å². The Morgan fingerprint density at radius 2 is 1.33 bits per heavy atom. The molecule has 1 aromatic rings. The predicted octanol–water partition coefficient (Wildman–Crippen LogP) is -3.51. The van der Waals surface area contributed by atoms with E-state index in [-0.39, 0.29) is 88.9 Å². The van der Waals surface area contributed by atoms with Crippen molar-refractivity contribution in [1.29, 1.82) is 0 Å². The summed E-state index contributed by atoms with van der Waals surface area (Å²) in [5.41, 5.74) is 11.4. The van der Waals surface area contributed by atoms with E-state index in [1.807, 2.05) is 0 Å². The number of carbonyl (C=O) groups excluding carboxylic acids is 8. The second kappa shape index (κ2) is 32.1. The summed E-state index contributed by atoms with van der Waals surface area (Å²) in [6.45, 7) is 1.96. The number of aromatic amines is 1. The number of aliphatic carboxylic acids is 1. The van der Waals surface area contributed by atoms with Crippen molar-refractivity contribution in [1.82, 2.24) is 56.9 Å². The SMILES string of the molecule is CC(C)C[C@H](NC(=O)[C@H](CCCCN)NC(=O)[C@H](CO)NC(=O)[C@H](CO)NC(=O)[C@H](Cc1cnc[nH]1)NC(=O)CCC(=O)O)C(=O)N[C@@H](CCC(N)=O)C(=O)N[C@H]1CCOP(=O)(N(CCCl)CCCl)N1. The topological polar surface area (TPSA) is 421 Å². The van der Waals surface area contributed by atoms with E-state index < -0.39 is 129 Å². The first-order valence-corrected chi connectivity index (χ1v) is 25.3. The van der Waals surface area contributed by atoms with Gasteiger partial charge in [0, 0.05) is 62.4 Å². The Bertz CT molecular complexity index is 1930. The molecule has 2 heterocycles. The van der Waals surface area contributed by atoms with Crippen molar-refractivity contribution in [2.75, 3.05) is 51.2 Å². The third kappa shape index (κ3) is 22.0. The van der Waals surface area contributed by atoms with Crippen molar-refractivity contribution >= 4 is 84.1 Å². The molecule has 8 amide bonds. The molecule has 70 heavy (non-hydrogen) atoms. The van der Waals surface area contributed by atoms with Crippen LogP contribution in [-0.4, -0.2) is 177 Å². The highest BCUT2D eigenvalue weighted by Crippen LogP contribution is 2.49. The average molecular weight is 1060 g/mol. The molecule has 396 valence electrons. The number of carboxylic acid groups (broad SMARTS) is 1. The second-order valence-corrected chi connectivity index (χ2v) is 19.4. The van der Waals surface area contributed by atoms with Gasteiger partial charge in [-0.15, -0.1) is 23.2 Å². The number of nitrogens with zero attached hydrogens (tertiary/aromatic N) is 2. The van der Waals surface area contributed by atoms with Crippen LogP contribution in [0.1, 0.15) is 77.3 Å². The lowest BCUT2D eigenvalue weighted by atomic mass is 10.0. The molecule has 1 aliphatic rings. The summed E-state index contributed by atoms with van der Waals surface area (Å²) in [5.74, 6) is -8.56. The number of carboxylic acids is 1. The molecule has 1 aliphatic heterocycles. The summed E-state index contributed by atoms with van der Waals surface area (Å²) in [5, 5.41) is 49.2. The molecule has 30 heteroatoms. The minimum absolute atomic E-state index is 0.0191. The zero-order valence-corrected chi connectivity index (χ0v) is 41.5. The van der Waals surface area contributed by atoms with Crippen LogP contribution in [0.15, 0.2) is 12.5 Å². The van der Waals surface area contributed by atoms with Crippen molar-refractivity contribution in [3.8, 4) is 0 Å². The molecule has 0 saturated carbocycles. The van der Waals surface area contributed by atoms with Gasteiger partial charge in [0.15, 0.2) is 0 Å².